The average molecular weight is 804 g/mol. The van der Waals surface area contributed by atoms with Gasteiger partial charge in [-0.25, -0.2) is 15.0 Å². The molecule has 9 aromatic carbocycles. The minimum atomic E-state index is -0.578. The monoisotopic (exact) mass is 803 g/mol. The van der Waals surface area contributed by atoms with E-state index in [9.17, 15) is 0 Å². The summed E-state index contributed by atoms with van der Waals surface area (Å²) >= 11 is 0. The van der Waals surface area contributed by atoms with Crippen molar-refractivity contribution in [3.8, 4) is 67.5 Å². The third-order valence-corrected chi connectivity index (χ3v) is 13.4. The molecule has 0 N–H and O–H groups in total. The summed E-state index contributed by atoms with van der Waals surface area (Å²) in [5, 5.41) is 4.18. The van der Waals surface area contributed by atoms with Gasteiger partial charge in [-0.05, 0) is 92.0 Å². The van der Waals surface area contributed by atoms with E-state index in [1.54, 1.807) is 0 Å². The van der Waals surface area contributed by atoms with Crippen molar-refractivity contribution >= 4 is 43.9 Å². The number of furan rings is 2. The van der Waals surface area contributed by atoms with E-state index >= 15 is 0 Å². The second-order valence-electron chi connectivity index (χ2n) is 16.6. The first-order valence-corrected chi connectivity index (χ1v) is 21.3. The SMILES string of the molecule is c1ccc2c(c1)-c1ccccc1C1(c3ccc(-c4nc(-c5ccc6c(c5)oc5ccccc56)nc(-c5cccc6c5oc5ccccc56)n4)cc3-2)c2ccccc2-c2ccccc21. The first-order valence-electron chi connectivity index (χ1n) is 21.3. The Hall–Kier alpha value is -8.41. The number of nitrogens with zero attached hydrogens (tertiary/aromatic N) is 3. The van der Waals surface area contributed by atoms with E-state index in [0.717, 1.165) is 71.7 Å². The van der Waals surface area contributed by atoms with E-state index in [1.165, 1.54) is 44.5 Å². The van der Waals surface area contributed by atoms with E-state index in [2.05, 4.69) is 152 Å². The van der Waals surface area contributed by atoms with Crippen LogP contribution in [0.1, 0.15) is 22.3 Å². The molecule has 0 saturated carbocycles. The maximum Gasteiger partial charge on any atom is 0.167 e. The van der Waals surface area contributed by atoms with Crippen molar-refractivity contribution in [1.82, 2.24) is 15.0 Å². The molecule has 0 bridgehead atoms. The van der Waals surface area contributed by atoms with Gasteiger partial charge in [0.05, 0.1) is 11.0 Å². The van der Waals surface area contributed by atoms with Crippen LogP contribution in [-0.4, -0.2) is 15.0 Å². The van der Waals surface area contributed by atoms with Crippen molar-refractivity contribution in [3.05, 3.63) is 222 Å². The summed E-state index contributed by atoms with van der Waals surface area (Å²) in [5.41, 5.74) is 17.4. The summed E-state index contributed by atoms with van der Waals surface area (Å²) in [6, 6.07) is 71.2. The molecular formula is C58H33N3O2. The molecule has 3 aromatic heterocycles. The number of aromatic nitrogens is 3. The molecular weight excluding hydrogens is 771 g/mol. The molecule has 292 valence electrons. The van der Waals surface area contributed by atoms with Crippen LogP contribution in [0.4, 0.5) is 0 Å². The summed E-state index contributed by atoms with van der Waals surface area (Å²) in [6.45, 7) is 0. The predicted molar refractivity (Wildman–Crippen MR) is 252 cm³/mol. The fourth-order valence-electron chi connectivity index (χ4n) is 10.7. The molecule has 14 rings (SSSR count). The Balaban J connectivity index is 1.05. The highest BCUT2D eigenvalue weighted by molar-refractivity contribution is 6.09. The number of benzene rings is 9. The van der Waals surface area contributed by atoms with Gasteiger partial charge in [0.25, 0.3) is 0 Å². The average Bonchev–Trinajstić information content (AvgIpc) is 4.00. The number of hydrogen-bond donors (Lipinski definition) is 0. The van der Waals surface area contributed by atoms with Gasteiger partial charge in [-0.15, -0.1) is 0 Å². The highest BCUT2D eigenvalue weighted by Crippen LogP contribution is 2.61. The van der Waals surface area contributed by atoms with Crippen molar-refractivity contribution in [3.63, 3.8) is 0 Å². The lowest BCUT2D eigenvalue weighted by Gasteiger charge is -2.35. The molecule has 5 nitrogen and oxygen atoms in total. The van der Waals surface area contributed by atoms with E-state index < -0.39 is 5.41 Å². The second-order valence-corrected chi connectivity index (χ2v) is 16.6. The lowest BCUT2D eigenvalue weighted by atomic mass is 9.66. The van der Waals surface area contributed by atoms with Gasteiger partial charge in [0, 0.05) is 32.7 Å². The van der Waals surface area contributed by atoms with Crippen LogP contribution in [0.5, 0.6) is 0 Å². The number of rotatable bonds is 3. The lowest BCUT2D eigenvalue weighted by Crippen LogP contribution is -2.29. The Morgan fingerprint density at radius 3 is 1.41 bits per heavy atom. The molecule has 0 saturated heterocycles. The van der Waals surface area contributed by atoms with Crippen LogP contribution in [0.3, 0.4) is 0 Å². The highest BCUT2D eigenvalue weighted by atomic mass is 16.3. The molecule has 0 unspecified atom stereocenters. The molecule has 2 aliphatic carbocycles. The molecule has 2 aliphatic rings. The van der Waals surface area contributed by atoms with Crippen LogP contribution in [-0.2, 0) is 5.41 Å². The molecule has 0 fully saturated rings. The third-order valence-electron chi connectivity index (χ3n) is 13.4. The lowest BCUT2D eigenvalue weighted by molar-refractivity contribution is 0.668. The molecule has 12 aromatic rings. The van der Waals surface area contributed by atoms with Crippen LogP contribution >= 0.6 is 0 Å². The number of fused-ring (bicyclic) bond motifs is 18. The molecule has 0 aliphatic heterocycles. The molecule has 3 heterocycles. The quantitative estimate of drug-likeness (QED) is 0.178. The zero-order chi connectivity index (χ0) is 41.2. The van der Waals surface area contributed by atoms with Gasteiger partial charge in [0.1, 0.15) is 22.3 Å². The second kappa shape index (κ2) is 12.8. The van der Waals surface area contributed by atoms with Crippen molar-refractivity contribution < 1.29 is 8.83 Å². The van der Waals surface area contributed by atoms with Gasteiger partial charge < -0.3 is 8.83 Å². The fraction of sp³-hybridized carbons (Fsp3) is 0.0172. The van der Waals surface area contributed by atoms with E-state index in [1.807, 2.05) is 48.5 Å². The maximum atomic E-state index is 6.57. The molecule has 0 amide bonds. The van der Waals surface area contributed by atoms with Crippen LogP contribution in [0.15, 0.2) is 209 Å². The third kappa shape index (κ3) is 4.73. The predicted octanol–water partition coefficient (Wildman–Crippen LogP) is 14.7. The summed E-state index contributed by atoms with van der Waals surface area (Å²) in [4.78, 5) is 15.9. The van der Waals surface area contributed by atoms with Crippen LogP contribution in [0, 0.1) is 0 Å². The Labute approximate surface area is 361 Å². The molecule has 1 spiro atoms. The first kappa shape index (κ1) is 34.3. The summed E-state index contributed by atoms with van der Waals surface area (Å²) in [6.07, 6.45) is 0. The maximum absolute atomic E-state index is 6.57. The van der Waals surface area contributed by atoms with Gasteiger partial charge in [-0.2, -0.15) is 0 Å². The van der Waals surface area contributed by atoms with Crippen LogP contribution in [0.25, 0.3) is 111 Å². The molecule has 0 atom stereocenters. The van der Waals surface area contributed by atoms with Gasteiger partial charge in [0.2, 0.25) is 0 Å². The highest BCUT2D eigenvalue weighted by Gasteiger charge is 2.49. The zero-order valence-electron chi connectivity index (χ0n) is 33.7. The Bertz CT molecular complexity index is 3850. The van der Waals surface area contributed by atoms with E-state index in [-0.39, 0.29) is 0 Å². The number of hydrogen-bond acceptors (Lipinski definition) is 5. The van der Waals surface area contributed by atoms with Gasteiger partial charge in [-0.1, -0.05) is 164 Å². The minimum Gasteiger partial charge on any atom is -0.456 e. The first-order chi connectivity index (χ1) is 31.2. The van der Waals surface area contributed by atoms with Crippen molar-refractivity contribution in [2.45, 2.75) is 5.41 Å². The van der Waals surface area contributed by atoms with Crippen LogP contribution < -0.4 is 0 Å². The van der Waals surface area contributed by atoms with E-state index in [4.69, 9.17) is 23.8 Å². The summed E-state index contributed by atoms with van der Waals surface area (Å²) < 4.78 is 13.0. The summed E-state index contributed by atoms with van der Waals surface area (Å²) in [5.74, 6) is 1.64. The topological polar surface area (TPSA) is 65.0 Å². The standard InChI is InChI=1S/C58H33N3O2/c1-2-15-37-36(14-1)38-16-3-8-23-47(38)58(48-24-9-4-17-39(48)40-18-5-10-25-49(40)58)50-31-29-34(32-46(37)50)55-59-56(35-28-30-43-41-19-6-11-26-51(41)62-53(43)33-35)61-57(60-55)45-22-13-21-44-42-20-7-12-27-52(42)63-54(44)45/h1-33H. The molecule has 5 heteroatoms. The van der Waals surface area contributed by atoms with Crippen molar-refractivity contribution in [2.75, 3.05) is 0 Å². The Morgan fingerprint density at radius 2 is 0.730 bits per heavy atom. The van der Waals surface area contributed by atoms with Crippen LogP contribution in [0.2, 0.25) is 0 Å². The number of para-hydroxylation sites is 3. The largest absolute Gasteiger partial charge is 0.456 e. The van der Waals surface area contributed by atoms with Crippen molar-refractivity contribution in [2.24, 2.45) is 0 Å². The normalized spacial score (nSPS) is 13.2. The van der Waals surface area contributed by atoms with Gasteiger partial charge >= 0.3 is 0 Å². The van der Waals surface area contributed by atoms with Crippen molar-refractivity contribution in [1.29, 1.82) is 0 Å². The minimum absolute atomic E-state index is 0.530. The fourth-order valence-corrected chi connectivity index (χ4v) is 10.7. The Kier molecular flexibility index (Phi) is 6.97. The Morgan fingerprint density at radius 1 is 0.286 bits per heavy atom. The molecule has 0 radical (unpaired) electrons. The van der Waals surface area contributed by atoms with Gasteiger partial charge in [-0.3, -0.25) is 0 Å². The van der Waals surface area contributed by atoms with Gasteiger partial charge in [0.15, 0.2) is 17.5 Å². The summed E-state index contributed by atoms with van der Waals surface area (Å²) in [7, 11) is 0. The zero-order valence-corrected chi connectivity index (χ0v) is 33.7. The molecule has 63 heavy (non-hydrogen) atoms. The smallest absolute Gasteiger partial charge is 0.167 e. The van der Waals surface area contributed by atoms with E-state index in [0.29, 0.717) is 17.5 Å².